The average Bonchev–Trinajstić information content (AvgIpc) is 3.21. The van der Waals surface area contributed by atoms with Crippen molar-refractivity contribution in [1.29, 1.82) is 0 Å². The van der Waals surface area contributed by atoms with Gasteiger partial charge in [-0.1, -0.05) is 24.3 Å². The minimum absolute atomic E-state index is 0.00854. The number of alkyl halides is 2. The molecule has 1 aromatic carbocycles. The molecule has 0 unspecified atom stereocenters. The second-order valence-corrected chi connectivity index (χ2v) is 6.78. The fourth-order valence-corrected chi connectivity index (χ4v) is 3.42. The van der Waals surface area contributed by atoms with Crippen molar-refractivity contribution >= 4 is 22.5 Å². The van der Waals surface area contributed by atoms with Gasteiger partial charge in [0.15, 0.2) is 0 Å². The van der Waals surface area contributed by atoms with E-state index >= 15 is 0 Å². The third-order valence-electron chi connectivity index (χ3n) is 4.94. The molecule has 0 radical (unpaired) electrons. The van der Waals surface area contributed by atoms with Gasteiger partial charge in [0, 0.05) is 24.8 Å². The predicted octanol–water partition coefficient (Wildman–Crippen LogP) is 3.95. The minimum atomic E-state index is -2.91. The summed E-state index contributed by atoms with van der Waals surface area (Å²) in [5.41, 5.74) is 2.70. The SMILES string of the molecule is O=C(NCc1cccc(C(F)F)c1F)c1cc(C2=CCNCC2)nc2cc[nH]c12. The van der Waals surface area contributed by atoms with Gasteiger partial charge in [0.05, 0.1) is 27.9 Å². The number of fused-ring (bicyclic) bond motifs is 1. The van der Waals surface area contributed by atoms with E-state index in [9.17, 15) is 18.0 Å². The smallest absolute Gasteiger partial charge is 0.266 e. The van der Waals surface area contributed by atoms with Crippen LogP contribution >= 0.6 is 0 Å². The Balaban J connectivity index is 1.61. The number of benzene rings is 1. The van der Waals surface area contributed by atoms with Crippen molar-refractivity contribution in [3.63, 3.8) is 0 Å². The van der Waals surface area contributed by atoms with Gasteiger partial charge < -0.3 is 15.6 Å². The molecule has 3 heterocycles. The molecule has 1 aliphatic rings. The average molecular weight is 400 g/mol. The van der Waals surface area contributed by atoms with E-state index in [4.69, 9.17) is 0 Å². The lowest BCUT2D eigenvalue weighted by molar-refractivity contribution is 0.0952. The molecule has 1 amide bonds. The number of aromatic nitrogens is 2. The molecular formula is C21H19F3N4O. The second kappa shape index (κ2) is 8.08. The lowest BCUT2D eigenvalue weighted by atomic mass is 10.0. The molecule has 0 saturated heterocycles. The zero-order chi connectivity index (χ0) is 20.4. The van der Waals surface area contributed by atoms with Crippen LogP contribution < -0.4 is 10.6 Å². The van der Waals surface area contributed by atoms with Gasteiger partial charge in [-0.2, -0.15) is 0 Å². The van der Waals surface area contributed by atoms with Crippen molar-refractivity contribution in [3.05, 3.63) is 70.8 Å². The maximum absolute atomic E-state index is 14.2. The summed E-state index contributed by atoms with van der Waals surface area (Å²) in [5, 5.41) is 5.86. The summed E-state index contributed by atoms with van der Waals surface area (Å²) in [6.45, 7) is 1.38. The zero-order valence-corrected chi connectivity index (χ0v) is 15.4. The lowest BCUT2D eigenvalue weighted by Crippen LogP contribution is -2.24. The van der Waals surface area contributed by atoms with E-state index in [2.05, 4.69) is 20.6 Å². The number of rotatable bonds is 5. The van der Waals surface area contributed by atoms with Gasteiger partial charge in [-0.3, -0.25) is 4.79 Å². The molecular weight excluding hydrogens is 381 g/mol. The first kappa shape index (κ1) is 19.2. The molecule has 0 aliphatic carbocycles. The van der Waals surface area contributed by atoms with Crippen molar-refractivity contribution in [3.8, 4) is 0 Å². The van der Waals surface area contributed by atoms with Gasteiger partial charge in [-0.05, 0) is 30.7 Å². The molecule has 150 valence electrons. The quantitative estimate of drug-likeness (QED) is 0.608. The highest BCUT2D eigenvalue weighted by Gasteiger charge is 2.19. The molecule has 0 bridgehead atoms. The molecule has 0 saturated carbocycles. The Hall–Kier alpha value is -3.13. The van der Waals surface area contributed by atoms with Crippen LogP contribution in [0, 0.1) is 5.82 Å². The summed E-state index contributed by atoms with van der Waals surface area (Å²) in [5.74, 6) is -1.43. The Bertz CT molecular complexity index is 1090. The fraction of sp³-hybridized carbons (Fsp3) is 0.238. The number of hydrogen-bond donors (Lipinski definition) is 3. The summed E-state index contributed by atoms with van der Waals surface area (Å²) in [7, 11) is 0. The minimum Gasteiger partial charge on any atom is -0.359 e. The molecule has 4 rings (SSSR count). The van der Waals surface area contributed by atoms with Crippen molar-refractivity contribution in [2.75, 3.05) is 13.1 Å². The van der Waals surface area contributed by atoms with Crippen molar-refractivity contribution in [1.82, 2.24) is 20.6 Å². The van der Waals surface area contributed by atoms with E-state index in [1.54, 1.807) is 18.3 Å². The van der Waals surface area contributed by atoms with Gasteiger partial charge in [0.2, 0.25) is 0 Å². The van der Waals surface area contributed by atoms with Crippen LogP contribution in [0.1, 0.15) is 40.0 Å². The maximum atomic E-state index is 14.2. The van der Waals surface area contributed by atoms with Crippen LogP contribution in [0.2, 0.25) is 0 Å². The molecule has 29 heavy (non-hydrogen) atoms. The third-order valence-corrected chi connectivity index (χ3v) is 4.94. The highest BCUT2D eigenvalue weighted by Crippen LogP contribution is 2.25. The second-order valence-electron chi connectivity index (χ2n) is 6.78. The standard InChI is InChI=1S/C21H19F3N4O/c22-18-13(2-1-3-14(18)20(23)24)11-27-21(29)15-10-17(12-4-7-25-8-5-12)28-16-6-9-26-19(15)16/h1-4,6,9-10,20,25-26H,5,7-8,11H2,(H,27,29). The van der Waals surface area contributed by atoms with E-state index < -0.39 is 23.7 Å². The number of nitrogens with one attached hydrogen (secondary N) is 3. The molecule has 0 spiro atoms. The van der Waals surface area contributed by atoms with Gasteiger partial charge >= 0.3 is 0 Å². The Kier molecular flexibility index (Phi) is 5.35. The summed E-state index contributed by atoms with van der Waals surface area (Å²) in [6.07, 6.45) is 1.62. The molecule has 3 aromatic rings. The number of carbonyl (C=O) groups excluding carboxylic acids is 1. The van der Waals surface area contributed by atoms with E-state index in [1.807, 2.05) is 6.08 Å². The number of nitrogens with zero attached hydrogens (tertiary/aromatic N) is 1. The number of carbonyl (C=O) groups is 1. The number of aromatic amines is 1. The highest BCUT2D eigenvalue weighted by atomic mass is 19.3. The number of pyridine rings is 1. The normalized spacial score (nSPS) is 14.3. The van der Waals surface area contributed by atoms with E-state index in [-0.39, 0.29) is 12.1 Å². The van der Waals surface area contributed by atoms with Crippen molar-refractivity contribution in [2.45, 2.75) is 19.4 Å². The first-order valence-electron chi connectivity index (χ1n) is 9.26. The fourth-order valence-electron chi connectivity index (χ4n) is 3.42. The summed E-state index contributed by atoms with van der Waals surface area (Å²) >= 11 is 0. The topological polar surface area (TPSA) is 69.8 Å². The molecule has 3 N–H and O–H groups in total. The Morgan fingerprint density at radius 3 is 2.90 bits per heavy atom. The summed E-state index contributed by atoms with van der Waals surface area (Å²) in [6, 6.07) is 7.25. The first-order valence-corrected chi connectivity index (χ1v) is 9.26. The molecule has 1 aliphatic heterocycles. The number of halogens is 3. The summed E-state index contributed by atoms with van der Waals surface area (Å²) < 4.78 is 40.0. The Morgan fingerprint density at radius 2 is 2.14 bits per heavy atom. The van der Waals surface area contributed by atoms with Gasteiger partial charge in [0.25, 0.3) is 12.3 Å². The number of H-pyrrole nitrogens is 1. The van der Waals surface area contributed by atoms with Crippen LogP contribution in [-0.2, 0) is 6.54 Å². The zero-order valence-electron chi connectivity index (χ0n) is 15.4. The monoisotopic (exact) mass is 400 g/mol. The van der Waals surface area contributed by atoms with E-state index in [0.29, 0.717) is 16.6 Å². The van der Waals surface area contributed by atoms with E-state index in [1.165, 1.54) is 12.1 Å². The number of amides is 1. The van der Waals surface area contributed by atoms with Crippen LogP contribution in [0.25, 0.3) is 16.6 Å². The van der Waals surface area contributed by atoms with Gasteiger partial charge in [-0.25, -0.2) is 18.2 Å². The van der Waals surface area contributed by atoms with Crippen LogP contribution in [0.15, 0.2) is 42.6 Å². The van der Waals surface area contributed by atoms with Gasteiger partial charge in [0.1, 0.15) is 5.82 Å². The lowest BCUT2D eigenvalue weighted by Gasteiger charge is -2.15. The largest absolute Gasteiger partial charge is 0.359 e. The molecule has 0 atom stereocenters. The van der Waals surface area contributed by atoms with Crippen molar-refractivity contribution in [2.24, 2.45) is 0 Å². The summed E-state index contributed by atoms with van der Waals surface area (Å²) in [4.78, 5) is 20.5. The molecule has 0 fully saturated rings. The van der Waals surface area contributed by atoms with Crippen LogP contribution in [0.4, 0.5) is 13.2 Å². The van der Waals surface area contributed by atoms with Crippen LogP contribution in [-0.4, -0.2) is 29.0 Å². The third kappa shape index (κ3) is 3.88. The van der Waals surface area contributed by atoms with Crippen LogP contribution in [0.3, 0.4) is 0 Å². The highest BCUT2D eigenvalue weighted by molar-refractivity contribution is 6.05. The van der Waals surface area contributed by atoms with E-state index in [0.717, 1.165) is 36.8 Å². The number of hydrogen-bond acceptors (Lipinski definition) is 3. The van der Waals surface area contributed by atoms with Gasteiger partial charge in [-0.15, -0.1) is 0 Å². The molecule has 8 heteroatoms. The van der Waals surface area contributed by atoms with Crippen LogP contribution in [0.5, 0.6) is 0 Å². The maximum Gasteiger partial charge on any atom is 0.266 e. The molecule has 2 aromatic heterocycles. The predicted molar refractivity (Wildman–Crippen MR) is 104 cm³/mol. The molecule has 5 nitrogen and oxygen atoms in total. The Labute approximate surface area is 165 Å². The van der Waals surface area contributed by atoms with Crippen molar-refractivity contribution < 1.29 is 18.0 Å². The Morgan fingerprint density at radius 1 is 1.28 bits per heavy atom. The first-order chi connectivity index (χ1) is 14.0.